The lowest BCUT2D eigenvalue weighted by molar-refractivity contribution is -0.111. The maximum atomic E-state index is 12.8. The molecule has 2 amide bonds. The van der Waals surface area contributed by atoms with Gasteiger partial charge in [0.1, 0.15) is 0 Å². The Morgan fingerprint density at radius 1 is 1.18 bits per heavy atom. The van der Waals surface area contributed by atoms with Gasteiger partial charge in [-0.15, -0.1) is 0 Å². The lowest BCUT2D eigenvalue weighted by atomic mass is 10.0. The van der Waals surface area contributed by atoms with E-state index in [1.807, 2.05) is 30.0 Å². The Morgan fingerprint density at radius 2 is 2.00 bits per heavy atom. The van der Waals surface area contributed by atoms with E-state index in [0.717, 1.165) is 30.5 Å². The number of nitrogens with zero attached hydrogens (tertiary/aromatic N) is 1. The number of halogens is 1. The van der Waals surface area contributed by atoms with Crippen LogP contribution in [0, 0.1) is 6.92 Å². The lowest BCUT2D eigenvalue weighted by Crippen LogP contribution is -2.42. The Bertz CT molecular complexity index is 907. The highest BCUT2D eigenvalue weighted by molar-refractivity contribution is 6.30. The number of rotatable bonds is 4. The average Bonchev–Trinajstić information content (AvgIpc) is 2.68. The standard InChI is InChI=1S/C23H25ClN2O2/c1-16-14-19(23(28)26-13-4-3-6-17(26)2)10-11-21(16)25-22(27)12-9-18-7-5-8-20(24)15-18/h5,7-12,14-15,17H,3-4,6,13H2,1-2H3,(H,25,27)/b12-9+. The molecule has 0 saturated carbocycles. The van der Waals surface area contributed by atoms with Gasteiger partial charge in [-0.3, -0.25) is 9.59 Å². The van der Waals surface area contributed by atoms with E-state index in [1.54, 1.807) is 30.3 Å². The van der Waals surface area contributed by atoms with Gasteiger partial charge in [0.15, 0.2) is 0 Å². The van der Waals surface area contributed by atoms with Gasteiger partial charge in [0.05, 0.1) is 0 Å². The predicted molar refractivity (Wildman–Crippen MR) is 115 cm³/mol. The van der Waals surface area contributed by atoms with Gasteiger partial charge in [-0.2, -0.15) is 0 Å². The number of anilines is 1. The first-order chi connectivity index (χ1) is 13.4. The summed E-state index contributed by atoms with van der Waals surface area (Å²) in [7, 11) is 0. The Balaban J connectivity index is 1.66. The van der Waals surface area contributed by atoms with Crippen LogP contribution in [0.25, 0.3) is 6.08 Å². The number of aryl methyl sites for hydroxylation is 1. The highest BCUT2D eigenvalue weighted by Gasteiger charge is 2.24. The Kier molecular flexibility index (Phi) is 6.53. The number of carbonyl (C=O) groups excluding carboxylic acids is 2. The largest absolute Gasteiger partial charge is 0.336 e. The number of hydrogen-bond donors (Lipinski definition) is 1. The lowest BCUT2D eigenvalue weighted by Gasteiger charge is -2.33. The second-order valence-electron chi connectivity index (χ2n) is 7.25. The van der Waals surface area contributed by atoms with Crippen LogP contribution in [0.15, 0.2) is 48.5 Å². The number of hydrogen-bond acceptors (Lipinski definition) is 2. The maximum absolute atomic E-state index is 12.8. The molecule has 0 radical (unpaired) electrons. The van der Waals surface area contributed by atoms with Crippen molar-refractivity contribution >= 4 is 35.2 Å². The summed E-state index contributed by atoms with van der Waals surface area (Å²) in [6.07, 6.45) is 6.48. The van der Waals surface area contributed by atoms with Gasteiger partial charge in [0, 0.05) is 34.9 Å². The predicted octanol–water partition coefficient (Wildman–Crippen LogP) is 5.31. The van der Waals surface area contributed by atoms with Crippen LogP contribution in [0.2, 0.25) is 5.02 Å². The summed E-state index contributed by atoms with van der Waals surface area (Å²) >= 11 is 5.95. The average molecular weight is 397 g/mol. The number of piperidine rings is 1. The molecule has 0 bridgehead atoms. The smallest absolute Gasteiger partial charge is 0.254 e. The Morgan fingerprint density at radius 3 is 2.71 bits per heavy atom. The fourth-order valence-electron chi connectivity index (χ4n) is 3.46. The number of benzene rings is 2. The van der Waals surface area contributed by atoms with Crippen molar-refractivity contribution in [3.05, 3.63) is 70.3 Å². The molecule has 1 aliphatic rings. The third-order valence-electron chi connectivity index (χ3n) is 5.07. The van der Waals surface area contributed by atoms with Gasteiger partial charge in [-0.1, -0.05) is 23.7 Å². The first-order valence-corrected chi connectivity index (χ1v) is 9.98. The maximum Gasteiger partial charge on any atom is 0.254 e. The van der Waals surface area contributed by atoms with Gasteiger partial charge in [0.2, 0.25) is 5.91 Å². The molecule has 1 saturated heterocycles. The van der Waals surface area contributed by atoms with E-state index in [-0.39, 0.29) is 17.9 Å². The molecular weight excluding hydrogens is 372 g/mol. The molecule has 3 rings (SSSR count). The third-order valence-corrected chi connectivity index (χ3v) is 5.31. The van der Waals surface area contributed by atoms with E-state index in [2.05, 4.69) is 12.2 Å². The molecule has 2 aromatic carbocycles. The summed E-state index contributed by atoms with van der Waals surface area (Å²) in [6, 6.07) is 13.0. The highest BCUT2D eigenvalue weighted by Crippen LogP contribution is 2.22. The zero-order valence-electron chi connectivity index (χ0n) is 16.2. The normalized spacial score (nSPS) is 17.0. The molecule has 1 N–H and O–H groups in total. The monoisotopic (exact) mass is 396 g/mol. The van der Waals surface area contributed by atoms with E-state index < -0.39 is 0 Å². The molecule has 1 atom stereocenters. The molecule has 2 aromatic rings. The Hall–Kier alpha value is -2.59. The first kappa shape index (κ1) is 20.2. The van der Waals surface area contributed by atoms with E-state index >= 15 is 0 Å². The van der Waals surface area contributed by atoms with Crippen molar-refractivity contribution in [2.24, 2.45) is 0 Å². The third kappa shape index (κ3) is 5.02. The number of amides is 2. The van der Waals surface area contributed by atoms with Crippen molar-refractivity contribution in [2.75, 3.05) is 11.9 Å². The van der Waals surface area contributed by atoms with Crippen molar-refractivity contribution in [2.45, 2.75) is 39.2 Å². The van der Waals surface area contributed by atoms with Crippen molar-refractivity contribution in [3.8, 4) is 0 Å². The van der Waals surface area contributed by atoms with Crippen LogP contribution in [0.5, 0.6) is 0 Å². The van der Waals surface area contributed by atoms with E-state index in [1.165, 1.54) is 12.5 Å². The molecule has 5 heteroatoms. The molecule has 1 unspecified atom stereocenters. The SMILES string of the molecule is Cc1cc(C(=O)N2CCCCC2C)ccc1NC(=O)/C=C/c1cccc(Cl)c1. The fraction of sp³-hybridized carbons (Fsp3) is 0.304. The second kappa shape index (κ2) is 9.07. The van der Waals surface area contributed by atoms with Crippen molar-refractivity contribution in [3.63, 3.8) is 0 Å². The van der Waals surface area contributed by atoms with E-state index in [4.69, 9.17) is 11.6 Å². The van der Waals surface area contributed by atoms with Gasteiger partial charge in [-0.25, -0.2) is 0 Å². The number of nitrogens with one attached hydrogen (secondary N) is 1. The summed E-state index contributed by atoms with van der Waals surface area (Å²) < 4.78 is 0. The van der Waals surface area contributed by atoms with Gasteiger partial charge in [-0.05, 0) is 80.6 Å². The highest BCUT2D eigenvalue weighted by atomic mass is 35.5. The molecular formula is C23H25ClN2O2. The molecule has 1 aliphatic heterocycles. The van der Waals surface area contributed by atoms with Crippen molar-refractivity contribution in [1.82, 2.24) is 4.90 Å². The van der Waals surface area contributed by atoms with Gasteiger partial charge < -0.3 is 10.2 Å². The van der Waals surface area contributed by atoms with Crippen LogP contribution < -0.4 is 5.32 Å². The van der Waals surface area contributed by atoms with Crippen LogP contribution >= 0.6 is 11.6 Å². The van der Waals surface area contributed by atoms with Crippen LogP contribution in [-0.2, 0) is 4.79 Å². The molecule has 146 valence electrons. The zero-order chi connectivity index (χ0) is 20.1. The number of carbonyl (C=O) groups is 2. The van der Waals surface area contributed by atoms with E-state index in [0.29, 0.717) is 16.3 Å². The van der Waals surface area contributed by atoms with Crippen LogP contribution in [0.3, 0.4) is 0 Å². The van der Waals surface area contributed by atoms with Crippen molar-refractivity contribution < 1.29 is 9.59 Å². The second-order valence-corrected chi connectivity index (χ2v) is 7.69. The molecule has 1 fully saturated rings. The molecule has 1 heterocycles. The fourth-order valence-corrected chi connectivity index (χ4v) is 3.66. The Labute approximate surface area is 171 Å². The van der Waals surface area contributed by atoms with Crippen LogP contribution in [-0.4, -0.2) is 29.3 Å². The van der Waals surface area contributed by atoms with Crippen LogP contribution in [0.1, 0.15) is 47.7 Å². The van der Waals surface area contributed by atoms with Crippen LogP contribution in [0.4, 0.5) is 5.69 Å². The summed E-state index contributed by atoms with van der Waals surface area (Å²) in [4.78, 5) is 27.0. The summed E-state index contributed by atoms with van der Waals surface area (Å²) in [5.41, 5.74) is 3.08. The molecule has 28 heavy (non-hydrogen) atoms. The van der Waals surface area contributed by atoms with Gasteiger partial charge >= 0.3 is 0 Å². The molecule has 4 nitrogen and oxygen atoms in total. The quantitative estimate of drug-likeness (QED) is 0.711. The summed E-state index contributed by atoms with van der Waals surface area (Å²) in [5.74, 6) is -0.166. The minimum Gasteiger partial charge on any atom is -0.336 e. The van der Waals surface area contributed by atoms with E-state index in [9.17, 15) is 9.59 Å². The van der Waals surface area contributed by atoms with Gasteiger partial charge in [0.25, 0.3) is 5.91 Å². The molecule has 0 aliphatic carbocycles. The summed E-state index contributed by atoms with van der Waals surface area (Å²) in [5, 5.41) is 3.49. The minimum atomic E-state index is -0.230. The van der Waals surface area contributed by atoms with Crippen molar-refractivity contribution in [1.29, 1.82) is 0 Å². The zero-order valence-corrected chi connectivity index (χ0v) is 17.0. The summed E-state index contributed by atoms with van der Waals surface area (Å²) in [6.45, 7) is 4.81. The number of likely N-dealkylation sites (tertiary alicyclic amines) is 1. The molecule has 0 aromatic heterocycles. The molecule has 0 spiro atoms. The topological polar surface area (TPSA) is 49.4 Å². The first-order valence-electron chi connectivity index (χ1n) is 9.60. The minimum absolute atomic E-state index is 0.0639.